The number of amides is 2. The van der Waals surface area contributed by atoms with Gasteiger partial charge in [-0.1, -0.05) is 51.4 Å². The molecule has 0 bridgehead atoms. The monoisotopic (exact) mass is 362 g/mol. The Labute approximate surface area is 159 Å². The smallest absolute Gasteiger partial charge is 0.226 e. The van der Waals surface area contributed by atoms with Crippen molar-refractivity contribution in [3.63, 3.8) is 0 Å². The first kappa shape index (κ1) is 19.7. The van der Waals surface area contributed by atoms with E-state index in [0.29, 0.717) is 12.1 Å². The van der Waals surface area contributed by atoms with Gasteiger partial charge >= 0.3 is 0 Å². The van der Waals surface area contributed by atoms with Crippen molar-refractivity contribution in [1.29, 1.82) is 0 Å². The Hall–Kier alpha value is -1.06. The molecule has 2 unspecified atom stereocenters. The largest absolute Gasteiger partial charge is 0.343 e. The molecule has 2 atom stereocenters. The topological polar surface area (TPSA) is 40.6 Å². The first-order chi connectivity index (χ1) is 12.6. The van der Waals surface area contributed by atoms with Gasteiger partial charge < -0.3 is 9.80 Å². The van der Waals surface area contributed by atoms with Crippen molar-refractivity contribution in [2.24, 2.45) is 11.8 Å². The molecule has 148 valence electrons. The van der Waals surface area contributed by atoms with Crippen LogP contribution in [-0.2, 0) is 9.59 Å². The maximum atomic E-state index is 13.3. The number of hydrogen-bond acceptors (Lipinski definition) is 2. The van der Waals surface area contributed by atoms with Crippen LogP contribution in [0.5, 0.6) is 0 Å². The quantitative estimate of drug-likeness (QED) is 0.745. The van der Waals surface area contributed by atoms with Gasteiger partial charge in [0.1, 0.15) is 0 Å². The standard InChI is InChI=1S/C22H38N2O2/c1-23(17-11-5-3-6-12-17)21(25)19-15-9-10-16-20(19)22(26)24(2)18-13-7-4-8-14-18/h17-20H,3-16H2,1-2H3. The normalized spacial score (nSPS) is 28.5. The lowest BCUT2D eigenvalue weighted by molar-refractivity contribution is -0.149. The minimum absolute atomic E-state index is 0.0887. The molecule has 0 aromatic heterocycles. The minimum Gasteiger partial charge on any atom is -0.343 e. The highest BCUT2D eigenvalue weighted by atomic mass is 16.2. The van der Waals surface area contributed by atoms with Crippen LogP contribution in [0.25, 0.3) is 0 Å². The van der Waals surface area contributed by atoms with Gasteiger partial charge in [-0.2, -0.15) is 0 Å². The second kappa shape index (κ2) is 9.23. The predicted octanol–water partition coefficient (Wildman–Crippen LogP) is 4.38. The van der Waals surface area contributed by atoms with Crippen molar-refractivity contribution in [2.75, 3.05) is 14.1 Å². The average molecular weight is 363 g/mol. The van der Waals surface area contributed by atoms with Crippen LogP contribution in [0.2, 0.25) is 0 Å². The molecule has 3 rings (SSSR count). The summed E-state index contributed by atoms with van der Waals surface area (Å²) >= 11 is 0. The molecule has 4 heteroatoms. The first-order valence-electron chi connectivity index (χ1n) is 11.1. The summed E-state index contributed by atoms with van der Waals surface area (Å²) < 4.78 is 0. The first-order valence-corrected chi connectivity index (χ1v) is 11.1. The Morgan fingerprint density at radius 3 is 1.19 bits per heavy atom. The van der Waals surface area contributed by atoms with Crippen LogP contribution in [0, 0.1) is 11.8 Å². The van der Waals surface area contributed by atoms with E-state index < -0.39 is 0 Å². The van der Waals surface area contributed by atoms with Gasteiger partial charge in [0.05, 0.1) is 0 Å². The molecule has 0 aromatic rings. The molecule has 3 aliphatic carbocycles. The molecular weight excluding hydrogens is 324 g/mol. The summed E-state index contributed by atoms with van der Waals surface area (Å²) in [6.45, 7) is 0. The fraction of sp³-hybridized carbons (Fsp3) is 0.909. The number of carbonyl (C=O) groups is 2. The third kappa shape index (κ3) is 4.43. The maximum Gasteiger partial charge on any atom is 0.226 e. The lowest BCUT2D eigenvalue weighted by Gasteiger charge is -2.40. The summed E-state index contributed by atoms with van der Waals surface area (Å²) in [6.07, 6.45) is 16.0. The molecule has 0 N–H and O–H groups in total. The van der Waals surface area contributed by atoms with Gasteiger partial charge in [-0.25, -0.2) is 0 Å². The van der Waals surface area contributed by atoms with E-state index in [-0.39, 0.29) is 23.7 Å². The van der Waals surface area contributed by atoms with E-state index in [1.54, 1.807) is 0 Å². The van der Waals surface area contributed by atoms with Crippen LogP contribution in [-0.4, -0.2) is 47.8 Å². The summed E-state index contributed by atoms with van der Waals surface area (Å²) in [5, 5.41) is 0. The molecular formula is C22H38N2O2. The van der Waals surface area contributed by atoms with Gasteiger partial charge in [-0.05, 0) is 38.5 Å². The SMILES string of the molecule is CN(C(=O)C1CCCCC1C(=O)N(C)C1CCCCC1)C1CCCCC1. The van der Waals surface area contributed by atoms with Crippen molar-refractivity contribution in [3.05, 3.63) is 0 Å². The molecule has 0 heterocycles. The second-order valence-corrected chi connectivity index (χ2v) is 8.98. The van der Waals surface area contributed by atoms with E-state index >= 15 is 0 Å². The van der Waals surface area contributed by atoms with Crippen LogP contribution in [0.1, 0.15) is 89.9 Å². The highest BCUT2D eigenvalue weighted by Crippen LogP contribution is 2.35. The number of rotatable bonds is 4. The predicted molar refractivity (Wildman–Crippen MR) is 105 cm³/mol. The zero-order chi connectivity index (χ0) is 18.5. The molecule has 26 heavy (non-hydrogen) atoms. The van der Waals surface area contributed by atoms with E-state index in [1.165, 1.54) is 38.5 Å². The highest BCUT2D eigenvalue weighted by molar-refractivity contribution is 5.88. The minimum atomic E-state index is -0.0887. The molecule has 4 nitrogen and oxygen atoms in total. The third-order valence-electron chi connectivity index (χ3n) is 7.34. The average Bonchev–Trinajstić information content (AvgIpc) is 2.73. The third-order valence-corrected chi connectivity index (χ3v) is 7.34. The Morgan fingerprint density at radius 2 is 0.846 bits per heavy atom. The van der Waals surface area contributed by atoms with Gasteiger partial charge in [-0.3, -0.25) is 9.59 Å². The van der Waals surface area contributed by atoms with Crippen LogP contribution in [0.4, 0.5) is 0 Å². The zero-order valence-electron chi connectivity index (χ0n) is 16.9. The molecule has 3 aliphatic rings. The summed E-state index contributed by atoms with van der Waals surface area (Å²) in [5.41, 5.74) is 0. The van der Waals surface area contributed by atoms with E-state index in [0.717, 1.165) is 51.4 Å². The van der Waals surface area contributed by atoms with Crippen molar-refractivity contribution >= 4 is 11.8 Å². The maximum absolute atomic E-state index is 13.3. The summed E-state index contributed by atoms with van der Waals surface area (Å²) in [5.74, 6) is 0.308. The van der Waals surface area contributed by atoms with Crippen LogP contribution >= 0.6 is 0 Å². The summed E-state index contributed by atoms with van der Waals surface area (Å²) in [7, 11) is 3.97. The zero-order valence-corrected chi connectivity index (χ0v) is 16.9. The Bertz CT molecular complexity index is 437. The van der Waals surface area contributed by atoms with Gasteiger partial charge in [-0.15, -0.1) is 0 Å². The van der Waals surface area contributed by atoms with Gasteiger partial charge in [0, 0.05) is 38.0 Å². The molecule has 3 fully saturated rings. The number of hydrogen-bond donors (Lipinski definition) is 0. The highest BCUT2D eigenvalue weighted by Gasteiger charge is 2.40. The Balaban J connectivity index is 1.66. The molecule has 3 saturated carbocycles. The molecule has 0 aromatic carbocycles. The van der Waals surface area contributed by atoms with Crippen LogP contribution in [0.3, 0.4) is 0 Å². The fourth-order valence-corrected chi connectivity index (χ4v) is 5.54. The Kier molecular flexibility index (Phi) is 6.99. The number of nitrogens with zero attached hydrogens (tertiary/aromatic N) is 2. The van der Waals surface area contributed by atoms with E-state index in [2.05, 4.69) is 0 Å². The molecule has 0 aliphatic heterocycles. The summed E-state index contributed by atoms with van der Waals surface area (Å²) in [6, 6.07) is 0.787. The lowest BCUT2D eigenvalue weighted by atomic mass is 9.76. The lowest BCUT2D eigenvalue weighted by Crippen LogP contribution is -2.49. The molecule has 0 radical (unpaired) electrons. The van der Waals surface area contributed by atoms with Crippen molar-refractivity contribution in [2.45, 2.75) is 102 Å². The van der Waals surface area contributed by atoms with Gasteiger partial charge in [0.15, 0.2) is 0 Å². The summed E-state index contributed by atoms with van der Waals surface area (Å²) in [4.78, 5) is 30.6. The van der Waals surface area contributed by atoms with E-state index in [9.17, 15) is 9.59 Å². The van der Waals surface area contributed by atoms with Crippen LogP contribution < -0.4 is 0 Å². The van der Waals surface area contributed by atoms with E-state index in [1.807, 2.05) is 23.9 Å². The molecule has 0 spiro atoms. The second-order valence-electron chi connectivity index (χ2n) is 8.98. The fourth-order valence-electron chi connectivity index (χ4n) is 5.54. The van der Waals surface area contributed by atoms with Crippen molar-refractivity contribution in [3.8, 4) is 0 Å². The van der Waals surface area contributed by atoms with Gasteiger partial charge in [0.2, 0.25) is 11.8 Å². The van der Waals surface area contributed by atoms with Crippen LogP contribution in [0.15, 0.2) is 0 Å². The van der Waals surface area contributed by atoms with Crippen molar-refractivity contribution < 1.29 is 9.59 Å². The van der Waals surface area contributed by atoms with Crippen molar-refractivity contribution in [1.82, 2.24) is 9.80 Å². The molecule has 0 saturated heterocycles. The van der Waals surface area contributed by atoms with E-state index in [4.69, 9.17) is 0 Å². The Morgan fingerprint density at radius 1 is 0.538 bits per heavy atom. The van der Waals surface area contributed by atoms with Gasteiger partial charge in [0.25, 0.3) is 0 Å². The number of carbonyl (C=O) groups excluding carboxylic acids is 2. The molecule has 2 amide bonds.